The molecule has 1 aromatic carbocycles. The van der Waals surface area contributed by atoms with Crippen molar-refractivity contribution in [1.29, 1.82) is 0 Å². The normalized spacial score (nSPS) is 11.3. The van der Waals surface area contributed by atoms with Gasteiger partial charge in [0.1, 0.15) is 0 Å². The van der Waals surface area contributed by atoms with E-state index in [0.29, 0.717) is 27.9 Å². The first-order valence-electron chi connectivity index (χ1n) is 10.6. The molecular formula is C23H20Cl2N8O. The van der Waals surface area contributed by atoms with E-state index >= 15 is 0 Å². The molecule has 0 aliphatic rings. The Morgan fingerprint density at radius 2 is 1.94 bits per heavy atom. The van der Waals surface area contributed by atoms with Gasteiger partial charge in [0.2, 0.25) is 0 Å². The first-order chi connectivity index (χ1) is 16.4. The molecule has 0 spiro atoms. The van der Waals surface area contributed by atoms with E-state index in [4.69, 9.17) is 23.2 Å². The summed E-state index contributed by atoms with van der Waals surface area (Å²) in [5.74, 6) is -0.355. The quantitative estimate of drug-likeness (QED) is 0.368. The number of amides is 1. The Labute approximate surface area is 204 Å². The van der Waals surface area contributed by atoms with Crippen molar-refractivity contribution in [2.75, 3.05) is 5.32 Å². The highest BCUT2D eigenvalue weighted by molar-refractivity contribution is 6.42. The van der Waals surface area contributed by atoms with E-state index in [2.05, 4.69) is 25.6 Å². The molecule has 4 heterocycles. The average Bonchev–Trinajstić information content (AvgIpc) is 3.54. The van der Waals surface area contributed by atoms with Gasteiger partial charge in [-0.1, -0.05) is 29.3 Å². The Morgan fingerprint density at radius 1 is 1.09 bits per heavy atom. The molecule has 0 saturated carbocycles. The average molecular weight is 495 g/mol. The lowest BCUT2D eigenvalue weighted by atomic mass is 10.2. The zero-order chi connectivity index (χ0) is 23.8. The maximum absolute atomic E-state index is 12.9. The second-order valence-corrected chi connectivity index (χ2v) is 8.53. The van der Waals surface area contributed by atoms with E-state index in [1.165, 1.54) is 0 Å². The van der Waals surface area contributed by atoms with Crippen LogP contribution in [0, 0.1) is 6.92 Å². The molecule has 4 aromatic heterocycles. The van der Waals surface area contributed by atoms with Crippen LogP contribution in [0.4, 0.5) is 5.69 Å². The zero-order valence-corrected chi connectivity index (χ0v) is 19.9. The number of carbonyl (C=O) groups excluding carboxylic acids is 1. The summed E-state index contributed by atoms with van der Waals surface area (Å²) in [7, 11) is 0. The van der Waals surface area contributed by atoms with Gasteiger partial charge in [0.25, 0.3) is 5.91 Å². The van der Waals surface area contributed by atoms with Crippen LogP contribution in [0.5, 0.6) is 0 Å². The van der Waals surface area contributed by atoms with Crippen molar-refractivity contribution in [1.82, 2.24) is 34.2 Å². The van der Waals surface area contributed by atoms with E-state index in [1.54, 1.807) is 52.2 Å². The molecule has 11 heteroatoms. The first kappa shape index (κ1) is 22.1. The number of fused-ring (bicyclic) bond motifs is 1. The van der Waals surface area contributed by atoms with Crippen molar-refractivity contribution in [3.63, 3.8) is 0 Å². The van der Waals surface area contributed by atoms with Gasteiger partial charge in [-0.2, -0.15) is 15.3 Å². The monoisotopic (exact) mass is 494 g/mol. The van der Waals surface area contributed by atoms with Crippen molar-refractivity contribution < 1.29 is 4.79 Å². The van der Waals surface area contributed by atoms with Gasteiger partial charge < -0.3 is 5.32 Å². The van der Waals surface area contributed by atoms with Crippen LogP contribution in [-0.4, -0.2) is 40.1 Å². The molecule has 1 amide bonds. The summed E-state index contributed by atoms with van der Waals surface area (Å²) in [4.78, 5) is 17.3. The second kappa shape index (κ2) is 8.92. The van der Waals surface area contributed by atoms with E-state index in [-0.39, 0.29) is 11.6 Å². The number of hydrogen-bond donors (Lipinski definition) is 1. The van der Waals surface area contributed by atoms with Crippen LogP contribution in [0.15, 0.2) is 55.1 Å². The van der Waals surface area contributed by atoms with Crippen LogP contribution in [0.25, 0.3) is 16.9 Å². The standard InChI is InChI=1S/C23H20Cl2N8O/c1-3-32-14(2)17(11-28-32)21-6-7-26-22-9-20(30-33(21)22)23(34)29-16-10-27-31(13-16)12-15-4-5-18(24)19(25)8-15/h4-11,13H,3,12H2,1-2H3,(H,29,34). The minimum atomic E-state index is -0.355. The summed E-state index contributed by atoms with van der Waals surface area (Å²) in [5, 5.41) is 17.0. The molecule has 1 N–H and O–H groups in total. The number of aromatic nitrogens is 7. The number of carbonyl (C=O) groups is 1. The van der Waals surface area contributed by atoms with Gasteiger partial charge in [0, 0.05) is 36.3 Å². The SMILES string of the molecule is CCn1ncc(-c2ccnc3cc(C(=O)Nc4cnn(Cc5ccc(Cl)c(Cl)c5)c4)nn23)c1C. The largest absolute Gasteiger partial charge is 0.318 e. The van der Waals surface area contributed by atoms with Gasteiger partial charge >= 0.3 is 0 Å². The molecule has 5 aromatic rings. The number of anilines is 1. The summed E-state index contributed by atoms with van der Waals surface area (Å²) in [5.41, 5.74) is 5.08. The first-order valence-corrected chi connectivity index (χ1v) is 11.3. The molecule has 34 heavy (non-hydrogen) atoms. The van der Waals surface area contributed by atoms with Gasteiger partial charge in [-0.3, -0.25) is 14.2 Å². The topological polar surface area (TPSA) is 94.9 Å². The van der Waals surface area contributed by atoms with E-state index in [1.807, 2.05) is 30.7 Å². The smallest absolute Gasteiger partial charge is 0.276 e. The fourth-order valence-electron chi connectivity index (χ4n) is 3.76. The van der Waals surface area contributed by atoms with Crippen molar-refractivity contribution in [3.05, 3.63) is 82.1 Å². The maximum atomic E-state index is 12.9. The lowest BCUT2D eigenvalue weighted by molar-refractivity contribution is 0.102. The Balaban J connectivity index is 1.36. The van der Waals surface area contributed by atoms with E-state index < -0.39 is 0 Å². The fraction of sp³-hybridized carbons (Fsp3) is 0.174. The molecule has 0 aliphatic carbocycles. The third kappa shape index (κ3) is 4.15. The lowest BCUT2D eigenvalue weighted by Crippen LogP contribution is -2.12. The van der Waals surface area contributed by atoms with Crippen LogP contribution in [-0.2, 0) is 13.1 Å². The predicted octanol–water partition coefficient (Wildman–Crippen LogP) is 4.73. The number of hydrogen-bond acceptors (Lipinski definition) is 5. The number of benzene rings is 1. The van der Waals surface area contributed by atoms with Gasteiger partial charge in [-0.15, -0.1) is 0 Å². The van der Waals surface area contributed by atoms with Crippen molar-refractivity contribution >= 4 is 40.4 Å². The third-order valence-electron chi connectivity index (χ3n) is 5.49. The highest BCUT2D eigenvalue weighted by Gasteiger charge is 2.17. The molecule has 0 unspecified atom stereocenters. The van der Waals surface area contributed by atoms with Crippen molar-refractivity contribution in [2.45, 2.75) is 26.9 Å². The molecule has 0 radical (unpaired) electrons. The third-order valence-corrected chi connectivity index (χ3v) is 6.23. The number of rotatable bonds is 6. The summed E-state index contributed by atoms with van der Waals surface area (Å²) in [6.07, 6.45) is 6.82. The Bertz CT molecular complexity index is 1520. The summed E-state index contributed by atoms with van der Waals surface area (Å²) < 4.78 is 5.27. The summed E-state index contributed by atoms with van der Waals surface area (Å²) in [6.45, 7) is 5.30. The van der Waals surface area contributed by atoms with Gasteiger partial charge in [-0.25, -0.2) is 9.50 Å². The molecule has 5 rings (SSSR count). The summed E-state index contributed by atoms with van der Waals surface area (Å²) in [6, 6.07) is 8.92. The number of aryl methyl sites for hydroxylation is 1. The lowest BCUT2D eigenvalue weighted by Gasteiger charge is -2.05. The molecule has 0 fully saturated rings. The Kier molecular flexibility index (Phi) is 5.80. The molecule has 9 nitrogen and oxygen atoms in total. The molecule has 0 bridgehead atoms. The predicted molar refractivity (Wildman–Crippen MR) is 130 cm³/mol. The van der Waals surface area contributed by atoms with Gasteiger partial charge in [0.15, 0.2) is 11.3 Å². The Morgan fingerprint density at radius 3 is 2.71 bits per heavy atom. The minimum Gasteiger partial charge on any atom is -0.318 e. The number of nitrogens with one attached hydrogen (secondary N) is 1. The van der Waals surface area contributed by atoms with Crippen molar-refractivity contribution in [3.8, 4) is 11.3 Å². The van der Waals surface area contributed by atoms with Gasteiger partial charge in [0.05, 0.1) is 40.4 Å². The van der Waals surface area contributed by atoms with E-state index in [9.17, 15) is 4.79 Å². The van der Waals surface area contributed by atoms with Crippen LogP contribution in [0.2, 0.25) is 10.0 Å². The van der Waals surface area contributed by atoms with Crippen LogP contribution >= 0.6 is 23.2 Å². The molecule has 172 valence electrons. The highest BCUT2D eigenvalue weighted by atomic mass is 35.5. The number of nitrogens with zero attached hydrogens (tertiary/aromatic N) is 7. The molecule has 0 saturated heterocycles. The van der Waals surface area contributed by atoms with Crippen LogP contribution < -0.4 is 5.32 Å². The summed E-state index contributed by atoms with van der Waals surface area (Å²) >= 11 is 12.1. The van der Waals surface area contributed by atoms with Gasteiger partial charge in [-0.05, 0) is 37.6 Å². The fourth-order valence-corrected chi connectivity index (χ4v) is 4.08. The second-order valence-electron chi connectivity index (χ2n) is 7.72. The zero-order valence-electron chi connectivity index (χ0n) is 18.4. The highest BCUT2D eigenvalue weighted by Crippen LogP contribution is 2.25. The number of halogens is 2. The molecular weight excluding hydrogens is 475 g/mol. The molecule has 0 atom stereocenters. The van der Waals surface area contributed by atoms with Crippen molar-refractivity contribution in [2.24, 2.45) is 0 Å². The van der Waals surface area contributed by atoms with Crippen LogP contribution in [0.1, 0.15) is 28.7 Å². The maximum Gasteiger partial charge on any atom is 0.276 e. The van der Waals surface area contributed by atoms with Crippen LogP contribution in [0.3, 0.4) is 0 Å². The molecule has 0 aliphatic heterocycles. The Hall–Kier alpha value is -3.69. The van der Waals surface area contributed by atoms with E-state index in [0.717, 1.165) is 29.1 Å². The minimum absolute atomic E-state index is 0.248.